The van der Waals surface area contributed by atoms with Crippen molar-refractivity contribution in [2.24, 2.45) is 23.7 Å². The van der Waals surface area contributed by atoms with Crippen molar-refractivity contribution >= 4 is 50.0 Å². The fraction of sp³-hybridized carbons (Fsp3) is 0.389. The number of fused-ring (bicyclic) bond motifs is 1. The number of non-ortho nitro benzene ring substituents is 1. The van der Waals surface area contributed by atoms with Gasteiger partial charge in [0, 0.05) is 29.0 Å². The molecule has 1 aliphatic heterocycles. The van der Waals surface area contributed by atoms with Gasteiger partial charge in [0.05, 0.1) is 27.3 Å². The Morgan fingerprint density at radius 1 is 1.39 bits per heavy atom. The lowest BCUT2D eigenvalue weighted by Crippen LogP contribution is -2.40. The monoisotopic (exact) mass is 463 g/mol. The van der Waals surface area contributed by atoms with E-state index in [2.05, 4.69) is 26.2 Å². The summed E-state index contributed by atoms with van der Waals surface area (Å²) in [7, 11) is 0. The standard InChI is InChI=1S/C18H14BrN3O5S/c19-14-9-5-10-13(17(24)27-15(10)14)12(9)16(23)21-18-20-11(6-28-18)7-2-1-3-8(4-7)22(25)26/h1-4,6,9-10,12-15H,5H2,(H,20,21,23)/t9-,10-,12-,13-,14+,15+/m1/s1. The van der Waals surface area contributed by atoms with Gasteiger partial charge in [-0.15, -0.1) is 11.3 Å². The summed E-state index contributed by atoms with van der Waals surface area (Å²) < 4.78 is 5.44. The van der Waals surface area contributed by atoms with E-state index in [4.69, 9.17) is 4.74 Å². The summed E-state index contributed by atoms with van der Waals surface area (Å²) in [6.07, 6.45) is 0.693. The molecule has 2 heterocycles. The number of esters is 1. The Balaban J connectivity index is 1.35. The molecular weight excluding hydrogens is 450 g/mol. The van der Waals surface area contributed by atoms with Crippen molar-refractivity contribution in [3.63, 3.8) is 0 Å². The number of amides is 1. The molecule has 10 heteroatoms. The van der Waals surface area contributed by atoms with Crippen molar-refractivity contribution in [1.29, 1.82) is 0 Å². The molecule has 8 nitrogen and oxygen atoms in total. The van der Waals surface area contributed by atoms with E-state index in [9.17, 15) is 19.7 Å². The molecule has 5 rings (SSSR count). The second-order valence-electron chi connectivity index (χ2n) is 7.30. The van der Waals surface area contributed by atoms with Gasteiger partial charge in [0.1, 0.15) is 6.10 Å². The Bertz CT molecular complexity index is 1010. The van der Waals surface area contributed by atoms with Crippen LogP contribution in [0.5, 0.6) is 0 Å². The number of hydrogen-bond donors (Lipinski definition) is 1. The van der Waals surface area contributed by atoms with Gasteiger partial charge in [0.25, 0.3) is 5.69 Å². The fourth-order valence-electron chi connectivity index (χ4n) is 4.76. The van der Waals surface area contributed by atoms with E-state index < -0.39 is 10.8 Å². The Morgan fingerprint density at radius 3 is 3.00 bits per heavy atom. The summed E-state index contributed by atoms with van der Waals surface area (Å²) in [5.41, 5.74) is 1.14. The largest absolute Gasteiger partial charge is 0.461 e. The van der Waals surface area contributed by atoms with Crippen molar-refractivity contribution in [3.8, 4) is 11.3 Å². The van der Waals surface area contributed by atoms with Gasteiger partial charge in [-0.2, -0.15) is 0 Å². The number of hydrogen-bond acceptors (Lipinski definition) is 7. The molecule has 1 N–H and O–H groups in total. The molecule has 0 unspecified atom stereocenters. The smallest absolute Gasteiger partial charge is 0.310 e. The first-order valence-corrected chi connectivity index (χ1v) is 10.6. The molecule has 1 amide bonds. The lowest BCUT2D eigenvalue weighted by atomic mass is 9.79. The van der Waals surface area contributed by atoms with Crippen LogP contribution >= 0.6 is 27.3 Å². The third-order valence-electron chi connectivity index (χ3n) is 5.91. The van der Waals surface area contributed by atoms with Crippen molar-refractivity contribution in [2.45, 2.75) is 17.4 Å². The summed E-state index contributed by atoms with van der Waals surface area (Å²) in [6, 6.07) is 6.19. The van der Waals surface area contributed by atoms with Crippen LogP contribution in [0.25, 0.3) is 11.3 Å². The summed E-state index contributed by atoms with van der Waals surface area (Å²) in [5.74, 6) is -1.13. The summed E-state index contributed by atoms with van der Waals surface area (Å²) in [4.78, 5) is 40.0. The second kappa shape index (κ2) is 6.35. The predicted octanol–water partition coefficient (Wildman–Crippen LogP) is 3.23. The Morgan fingerprint density at radius 2 is 2.21 bits per heavy atom. The van der Waals surface area contributed by atoms with Crippen LogP contribution in [0.15, 0.2) is 29.6 Å². The zero-order chi connectivity index (χ0) is 19.6. The van der Waals surface area contributed by atoms with E-state index in [1.54, 1.807) is 17.5 Å². The van der Waals surface area contributed by atoms with Crippen molar-refractivity contribution in [3.05, 3.63) is 39.8 Å². The van der Waals surface area contributed by atoms with E-state index in [0.717, 1.165) is 6.42 Å². The van der Waals surface area contributed by atoms with E-state index in [1.807, 2.05) is 0 Å². The number of carbonyl (C=O) groups excluding carboxylic acids is 2. The van der Waals surface area contributed by atoms with Gasteiger partial charge in [-0.25, -0.2) is 4.98 Å². The maximum absolute atomic E-state index is 12.9. The molecule has 1 aromatic carbocycles. The molecule has 6 atom stereocenters. The zero-order valence-electron chi connectivity index (χ0n) is 14.3. The van der Waals surface area contributed by atoms with Crippen LogP contribution in [0.3, 0.4) is 0 Å². The molecule has 1 aromatic heterocycles. The fourth-order valence-corrected chi connectivity index (χ4v) is 6.53. The molecule has 0 spiro atoms. The van der Waals surface area contributed by atoms with Crippen LogP contribution in [0, 0.1) is 33.8 Å². The predicted molar refractivity (Wildman–Crippen MR) is 104 cm³/mol. The first-order chi connectivity index (χ1) is 13.4. The number of nitrogens with zero attached hydrogens (tertiary/aromatic N) is 2. The molecule has 3 fully saturated rings. The molecule has 28 heavy (non-hydrogen) atoms. The lowest BCUT2D eigenvalue weighted by molar-refractivity contribution is -0.384. The first kappa shape index (κ1) is 17.7. The lowest BCUT2D eigenvalue weighted by Gasteiger charge is -2.27. The van der Waals surface area contributed by atoms with Gasteiger partial charge in [0.2, 0.25) is 5.91 Å². The number of nitro groups is 1. The molecule has 0 radical (unpaired) electrons. The number of nitro benzene ring substituents is 1. The number of carbonyl (C=O) groups is 2. The molecule has 2 saturated carbocycles. The zero-order valence-corrected chi connectivity index (χ0v) is 16.7. The van der Waals surface area contributed by atoms with E-state index in [1.165, 1.54) is 23.5 Å². The van der Waals surface area contributed by atoms with Gasteiger partial charge in [-0.3, -0.25) is 19.7 Å². The number of thiazole rings is 1. The number of nitrogens with one attached hydrogen (secondary N) is 1. The second-order valence-corrected chi connectivity index (χ2v) is 9.21. The summed E-state index contributed by atoms with van der Waals surface area (Å²) in [6.45, 7) is 0. The topological polar surface area (TPSA) is 111 Å². The number of alkyl halides is 1. The van der Waals surface area contributed by atoms with Crippen LogP contribution in [0.4, 0.5) is 10.8 Å². The van der Waals surface area contributed by atoms with Crippen LogP contribution in [-0.2, 0) is 14.3 Å². The van der Waals surface area contributed by atoms with Gasteiger partial charge in [0.15, 0.2) is 5.13 Å². The number of halogens is 1. The summed E-state index contributed by atoms with van der Waals surface area (Å²) >= 11 is 4.84. The highest BCUT2D eigenvalue weighted by atomic mass is 79.9. The maximum atomic E-state index is 12.9. The highest BCUT2D eigenvalue weighted by Gasteiger charge is 2.67. The van der Waals surface area contributed by atoms with Crippen molar-refractivity contribution in [1.82, 2.24) is 4.98 Å². The summed E-state index contributed by atoms with van der Waals surface area (Å²) in [5, 5.41) is 15.9. The number of benzene rings is 1. The highest BCUT2D eigenvalue weighted by molar-refractivity contribution is 9.09. The molecule has 2 bridgehead atoms. The van der Waals surface area contributed by atoms with E-state index in [0.29, 0.717) is 16.4 Å². The first-order valence-electron chi connectivity index (χ1n) is 8.80. The van der Waals surface area contributed by atoms with Crippen LogP contribution in [-0.4, -0.2) is 32.7 Å². The quantitative estimate of drug-likeness (QED) is 0.322. The minimum absolute atomic E-state index is 0.00711. The normalized spacial score (nSPS) is 32.4. The van der Waals surface area contributed by atoms with Crippen LogP contribution in [0.2, 0.25) is 0 Å². The third kappa shape index (κ3) is 2.58. The number of anilines is 1. The average molecular weight is 464 g/mol. The molecular formula is C18H14BrN3O5S. The Hall–Kier alpha value is -2.33. The van der Waals surface area contributed by atoms with Gasteiger partial charge in [-0.05, 0) is 12.3 Å². The minimum atomic E-state index is -0.460. The van der Waals surface area contributed by atoms with E-state index in [-0.39, 0.29) is 46.2 Å². The van der Waals surface area contributed by atoms with Gasteiger partial charge in [-0.1, -0.05) is 28.1 Å². The van der Waals surface area contributed by atoms with Gasteiger partial charge >= 0.3 is 5.97 Å². The molecule has 144 valence electrons. The number of ether oxygens (including phenoxy) is 1. The highest BCUT2D eigenvalue weighted by Crippen LogP contribution is 2.60. The Kier molecular flexibility index (Phi) is 4.02. The van der Waals surface area contributed by atoms with E-state index >= 15 is 0 Å². The Labute approximate surface area is 171 Å². The van der Waals surface area contributed by atoms with Crippen LogP contribution in [0.1, 0.15) is 6.42 Å². The van der Waals surface area contributed by atoms with Crippen molar-refractivity contribution in [2.75, 3.05) is 5.32 Å². The number of aromatic nitrogens is 1. The third-order valence-corrected chi connectivity index (χ3v) is 7.87. The van der Waals surface area contributed by atoms with Crippen molar-refractivity contribution < 1.29 is 19.2 Å². The maximum Gasteiger partial charge on any atom is 0.310 e. The molecule has 2 aromatic rings. The SMILES string of the molecule is O=C(Nc1nc(-c2cccc([N+](=O)[O-])c2)cs1)[C@@H]1[C@H]2C[C@H]3[C@H](OC(=O)[C@H]31)[C@H]2Br. The van der Waals surface area contributed by atoms with Crippen LogP contribution < -0.4 is 5.32 Å². The molecule has 1 saturated heterocycles. The molecule has 2 aliphatic carbocycles. The average Bonchev–Trinajstić information content (AvgIpc) is 3.40. The molecule has 3 aliphatic rings. The number of rotatable bonds is 4. The van der Waals surface area contributed by atoms with Gasteiger partial charge < -0.3 is 10.1 Å². The minimum Gasteiger partial charge on any atom is -0.461 e.